The van der Waals surface area contributed by atoms with Crippen LogP contribution in [0.15, 0.2) is 24.3 Å². The van der Waals surface area contributed by atoms with Crippen LogP contribution < -0.4 is 5.32 Å². The van der Waals surface area contributed by atoms with Crippen LogP contribution in [0.25, 0.3) is 0 Å². The van der Waals surface area contributed by atoms with E-state index in [2.05, 4.69) is 19.2 Å². The minimum absolute atomic E-state index is 0.0800. The van der Waals surface area contributed by atoms with Crippen molar-refractivity contribution in [3.8, 4) is 0 Å². The number of carbonyl (C=O) groups excluding carboxylic acids is 2. The molecule has 0 atom stereocenters. The summed E-state index contributed by atoms with van der Waals surface area (Å²) in [6.45, 7) is 5.54. The van der Waals surface area contributed by atoms with Crippen LogP contribution in [0.4, 0.5) is 0 Å². The lowest BCUT2D eigenvalue weighted by molar-refractivity contribution is -0.133. The van der Waals surface area contributed by atoms with E-state index in [1.165, 1.54) is 0 Å². The molecule has 22 heavy (non-hydrogen) atoms. The lowest BCUT2D eigenvalue weighted by atomic mass is 10.0. The third kappa shape index (κ3) is 4.73. The van der Waals surface area contributed by atoms with Crippen molar-refractivity contribution in [1.29, 1.82) is 0 Å². The van der Waals surface area contributed by atoms with Gasteiger partial charge in [-0.25, -0.2) is 0 Å². The third-order valence-corrected chi connectivity index (χ3v) is 4.12. The molecule has 1 saturated heterocycles. The second-order valence-electron chi connectivity index (χ2n) is 6.23. The van der Waals surface area contributed by atoms with E-state index in [4.69, 9.17) is 11.6 Å². The highest BCUT2D eigenvalue weighted by atomic mass is 35.5. The van der Waals surface area contributed by atoms with Crippen molar-refractivity contribution in [1.82, 2.24) is 10.2 Å². The highest BCUT2D eigenvalue weighted by Crippen LogP contribution is 2.15. The van der Waals surface area contributed by atoms with Crippen LogP contribution in [-0.4, -0.2) is 35.8 Å². The number of benzene rings is 1. The fourth-order valence-corrected chi connectivity index (χ4v) is 2.75. The smallest absolute Gasteiger partial charge is 0.251 e. The molecule has 0 spiro atoms. The molecule has 0 saturated carbocycles. The van der Waals surface area contributed by atoms with Crippen molar-refractivity contribution >= 4 is 23.4 Å². The maximum atomic E-state index is 12.2. The molecule has 2 amide bonds. The van der Waals surface area contributed by atoms with Crippen molar-refractivity contribution in [2.24, 2.45) is 5.92 Å². The van der Waals surface area contributed by atoms with Crippen LogP contribution in [0.5, 0.6) is 0 Å². The van der Waals surface area contributed by atoms with Crippen molar-refractivity contribution in [3.05, 3.63) is 34.9 Å². The molecule has 0 bridgehead atoms. The first-order valence-corrected chi connectivity index (χ1v) is 8.17. The molecule has 1 aromatic rings. The predicted molar refractivity (Wildman–Crippen MR) is 88.0 cm³/mol. The molecule has 1 aromatic carbocycles. The van der Waals surface area contributed by atoms with Crippen molar-refractivity contribution in [2.45, 2.75) is 39.2 Å². The monoisotopic (exact) mass is 322 g/mol. The molecule has 1 heterocycles. The number of nitrogens with one attached hydrogen (secondary N) is 1. The zero-order chi connectivity index (χ0) is 16.1. The summed E-state index contributed by atoms with van der Waals surface area (Å²) in [6.07, 6.45) is 2.22. The zero-order valence-corrected chi connectivity index (χ0v) is 13.9. The van der Waals surface area contributed by atoms with Crippen molar-refractivity contribution < 1.29 is 9.59 Å². The third-order valence-electron chi connectivity index (χ3n) is 3.87. The predicted octanol–water partition coefficient (Wildman–Crippen LogP) is 3.11. The number of piperidine rings is 1. The normalized spacial score (nSPS) is 15.9. The first-order chi connectivity index (χ1) is 10.5. The van der Waals surface area contributed by atoms with E-state index in [1.54, 1.807) is 24.3 Å². The maximum absolute atomic E-state index is 12.2. The average Bonchev–Trinajstić information content (AvgIpc) is 2.48. The highest BCUT2D eigenvalue weighted by Gasteiger charge is 2.24. The first kappa shape index (κ1) is 16.8. The second-order valence-corrected chi connectivity index (χ2v) is 6.67. The second kappa shape index (κ2) is 7.63. The van der Waals surface area contributed by atoms with Gasteiger partial charge in [0.1, 0.15) is 0 Å². The Hall–Kier alpha value is -1.55. The number of nitrogens with zero attached hydrogens (tertiary/aromatic N) is 1. The molecule has 1 N–H and O–H groups in total. The number of amides is 2. The standard InChI is InChI=1S/C17H23ClN2O2/c1-12(2)11-16(21)20-9-7-15(8-10-20)19-17(22)13-3-5-14(18)6-4-13/h3-6,12,15H,7-11H2,1-2H3,(H,19,22). The SMILES string of the molecule is CC(C)CC(=O)N1CCC(NC(=O)c2ccc(Cl)cc2)CC1. The molecule has 0 unspecified atom stereocenters. The fraction of sp³-hybridized carbons (Fsp3) is 0.529. The van der Waals surface area contributed by atoms with Gasteiger partial charge >= 0.3 is 0 Å². The summed E-state index contributed by atoms with van der Waals surface area (Å²) in [5.74, 6) is 0.524. The van der Waals surface area contributed by atoms with E-state index in [-0.39, 0.29) is 17.9 Å². The van der Waals surface area contributed by atoms with Gasteiger partial charge in [0.05, 0.1) is 0 Å². The number of likely N-dealkylation sites (tertiary alicyclic amines) is 1. The number of hydrogen-bond donors (Lipinski definition) is 1. The van der Waals surface area contributed by atoms with Crippen LogP contribution >= 0.6 is 11.6 Å². The van der Waals surface area contributed by atoms with Crippen LogP contribution in [0.2, 0.25) is 5.02 Å². The number of halogens is 1. The molecule has 5 heteroatoms. The molecule has 0 aliphatic carbocycles. The molecular weight excluding hydrogens is 300 g/mol. The lowest BCUT2D eigenvalue weighted by Crippen LogP contribution is -2.46. The van der Waals surface area contributed by atoms with Gasteiger partial charge in [-0.1, -0.05) is 25.4 Å². The Morgan fingerprint density at radius 1 is 1.23 bits per heavy atom. The van der Waals surface area contributed by atoms with Gasteiger partial charge in [0, 0.05) is 36.1 Å². The van der Waals surface area contributed by atoms with Gasteiger partial charge in [0.15, 0.2) is 0 Å². The molecule has 1 aliphatic heterocycles. The molecule has 1 aliphatic rings. The molecule has 0 aromatic heterocycles. The molecule has 0 radical (unpaired) electrons. The van der Waals surface area contributed by atoms with E-state index in [0.29, 0.717) is 22.9 Å². The van der Waals surface area contributed by atoms with E-state index in [9.17, 15) is 9.59 Å². The Morgan fingerprint density at radius 3 is 2.36 bits per heavy atom. The summed E-state index contributed by atoms with van der Waals surface area (Å²) in [5.41, 5.74) is 0.614. The van der Waals surface area contributed by atoms with E-state index in [0.717, 1.165) is 25.9 Å². The van der Waals surface area contributed by atoms with E-state index >= 15 is 0 Å². The summed E-state index contributed by atoms with van der Waals surface area (Å²) in [6, 6.07) is 7.00. The Morgan fingerprint density at radius 2 is 1.82 bits per heavy atom. The molecular formula is C17H23ClN2O2. The minimum atomic E-state index is -0.0800. The van der Waals surface area contributed by atoms with Gasteiger partial charge < -0.3 is 10.2 Å². The zero-order valence-electron chi connectivity index (χ0n) is 13.1. The van der Waals surface area contributed by atoms with Gasteiger partial charge in [0.25, 0.3) is 5.91 Å². The van der Waals surface area contributed by atoms with Gasteiger partial charge in [0.2, 0.25) is 5.91 Å². The van der Waals surface area contributed by atoms with Gasteiger partial charge in [-0.05, 0) is 43.0 Å². The quantitative estimate of drug-likeness (QED) is 0.926. The highest BCUT2D eigenvalue weighted by molar-refractivity contribution is 6.30. The van der Waals surface area contributed by atoms with Gasteiger partial charge in [-0.2, -0.15) is 0 Å². The lowest BCUT2D eigenvalue weighted by Gasteiger charge is -2.32. The Kier molecular flexibility index (Phi) is 5.83. The number of rotatable bonds is 4. The summed E-state index contributed by atoms with van der Waals surface area (Å²) in [4.78, 5) is 26.1. The number of carbonyl (C=O) groups is 2. The minimum Gasteiger partial charge on any atom is -0.349 e. The summed E-state index contributed by atoms with van der Waals surface area (Å²) >= 11 is 5.82. The summed E-state index contributed by atoms with van der Waals surface area (Å²) in [7, 11) is 0. The molecule has 1 fully saturated rings. The van der Waals surface area contributed by atoms with Crippen LogP contribution in [0, 0.1) is 5.92 Å². The summed E-state index contributed by atoms with van der Waals surface area (Å²) in [5, 5.41) is 3.65. The average molecular weight is 323 g/mol. The van der Waals surface area contributed by atoms with E-state index < -0.39 is 0 Å². The largest absolute Gasteiger partial charge is 0.349 e. The molecule has 120 valence electrons. The van der Waals surface area contributed by atoms with Crippen LogP contribution in [0.1, 0.15) is 43.5 Å². The fourth-order valence-electron chi connectivity index (χ4n) is 2.62. The van der Waals surface area contributed by atoms with Crippen molar-refractivity contribution in [3.63, 3.8) is 0 Å². The van der Waals surface area contributed by atoms with Crippen LogP contribution in [0.3, 0.4) is 0 Å². The Labute approximate surface area is 136 Å². The number of hydrogen-bond acceptors (Lipinski definition) is 2. The van der Waals surface area contributed by atoms with Crippen LogP contribution in [-0.2, 0) is 4.79 Å². The topological polar surface area (TPSA) is 49.4 Å². The first-order valence-electron chi connectivity index (χ1n) is 7.80. The molecule has 2 rings (SSSR count). The van der Waals surface area contributed by atoms with Crippen molar-refractivity contribution in [2.75, 3.05) is 13.1 Å². The van der Waals surface area contributed by atoms with E-state index in [1.807, 2.05) is 4.90 Å². The van der Waals surface area contributed by atoms with Gasteiger partial charge in [-0.3, -0.25) is 9.59 Å². The summed E-state index contributed by atoms with van der Waals surface area (Å²) < 4.78 is 0. The van der Waals surface area contributed by atoms with Gasteiger partial charge in [-0.15, -0.1) is 0 Å². The Bertz CT molecular complexity index is 520. The Balaban J connectivity index is 1.81. The maximum Gasteiger partial charge on any atom is 0.251 e. The molecule has 4 nitrogen and oxygen atoms in total.